The first-order chi connectivity index (χ1) is 9.94. The number of nitro groups is 1. The van der Waals surface area contributed by atoms with Crippen LogP contribution in [0, 0.1) is 21.4 Å². The van der Waals surface area contributed by atoms with Gasteiger partial charge in [-0.25, -0.2) is 0 Å². The summed E-state index contributed by atoms with van der Waals surface area (Å²) in [4.78, 5) is 10.6. The number of nitrogens with zero attached hydrogens (tertiary/aromatic N) is 1. The SMILES string of the molecule is CC(C)(CO)[C@@H]1Nc2ccc([N+](=O)[O-])cc2[C@H]2C=CC[C@@H]21. The molecule has 0 radical (unpaired) electrons. The minimum Gasteiger partial charge on any atom is -0.396 e. The van der Waals surface area contributed by atoms with Gasteiger partial charge in [-0.3, -0.25) is 10.1 Å². The first kappa shape index (κ1) is 14.1. The van der Waals surface area contributed by atoms with Crippen molar-refractivity contribution in [2.45, 2.75) is 32.2 Å². The van der Waals surface area contributed by atoms with Crippen LogP contribution in [0.3, 0.4) is 0 Å². The maximum atomic E-state index is 11.0. The number of aliphatic hydroxyl groups excluding tert-OH is 1. The van der Waals surface area contributed by atoms with Gasteiger partial charge in [0.2, 0.25) is 0 Å². The van der Waals surface area contributed by atoms with Crippen LogP contribution in [-0.2, 0) is 0 Å². The Kier molecular flexibility index (Phi) is 3.24. The summed E-state index contributed by atoms with van der Waals surface area (Å²) in [7, 11) is 0. The number of anilines is 1. The van der Waals surface area contributed by atoms with Crippen molar-refractivity contribution in [1.29, 1.82) is 0 Å². The molecule has 0 bridgehead atoms. The van der Waals surface area contributed by atoms with E-state index in [4.69, 9.17) is 0 Å². The van der Waals surface area contributed by atoms with Gasteiger partial charge in [0.15, 0.2) is 0 Å². The standard InChI is InChI=1S/C16H20N2O3/c1-16(2,9-19)15-12-5-3-4-11(12)13-8-10(18(20)21)6-7-14(13)17-15/h3-4,6-8,11-12,15,17,19H,5,9H2,1-2H3/t11-,12-,15+/m0/s1. The van der Waals surface area contributed by atoms with Crippen molar-refractivity contribution in [3.63, 3.8) is 0 Å². The van der Waals surface area contributed by atoms with E-state index < -0.39 is 0 Å². The first-order valence-corrected chi connectivity index (χ1v) is 7.26. The molecule has 0 aromatic heterocycles. The highest BCUT2D eigenvalue weighted by atomic mass is 16.6. The molecule has 5 heteroatoms. The van der Waals surface area contributed by atoms with Gasteiger partial charge in [-0.05, 0) is 24.0 Å². The molecule has 0 amide bonds. The smallest absolute Gasteiger partial charge is 0.269 e. The van der Waals surface area contributed by atoms with E-state index in [0.29, 0.717) is 5.92 Å². The number of fused-ring (bicyclic) bond motifs is 3. The molecule has 1 aliphatic heterocycles. The Balaban J connectivity index is 2.05. The van der Waals surface area contributed by atoms with Crippen LogP contribution in [0.5, 0.6) is 0 Å². The molecule has 0 spiro atoms. The zero-order valence-electron chi connectivity index (χ0n) is 12.2. The van der Waals surface area contributed by atoms with Crippen LogP contribution in [0.15, 0.2) is 30.4 Å². The Hall–Kier alpha value is -1.88. The average molecular weight is 288 g/mol. The van der Waals surface area contributed by atoms with Crippen LogP contribution in [0.4, 0.5) is 11.4 Å². The van der Waals surface area contributed by atoms with Crippen LogP contribution in [0.25, 0.3) is 0 Å². The lowest BCUT2D eigenvalue weighted by atomic mass is 9.69. The molecule has 2 aliphatic rings. The second kappa shape index (κ2) is 4.84. The molecule has 1 aromatic rings. The number of benzene rings is 1. The van der Waals surface area contributed by atoms with E-state index >= 15 is 0 Å². The quantitative estimate of drug-likeness (QED) is 0.509. The van der Waals surface area contributed by atoms with Crippen LogP contribution >= 0.6 is 0 Å². The third-order valence-electron chi connectivity index (χ3n) is 4.81. The highest BCUT2D eigenvalue weighted by molar-refractivity contribution is 5.62. The van der Waals surface area contributed by atoms with E-state index in [0.717, 1.165) is 17.7 Å². The van der Waals surface area contributed by atoms with Gasteiger partial charge in [0, 0.05) is 35.2 Å². The van der Waals surface area contributed by atoms with Gasteiger partial charge in [-0.15, -0.1) is 0 Å². The fourth-order valence-corrected chi connectivity index (χ4v) is 3.57. The Bertz CT molecular complexity index is 610. The summed E-state index contributed by atoms with van der Waals surface area (Å²) in [6.45, 7) is 4.21. The summed E-state index contributed by atoms with van der Waals surface area (Å²) < 4.78 is 0. The van der Waals surface area contributed by atoms with Crippen molar-refractivity contribution in [3.05, 3.63) is 46.0 Å². The lowest BCUT2D eigenvalue weighted by molar-refractivity contribution is -0.384. The van der Waals surface area contributed by atoms with E-state index in [1.54, 1.807) is 12.1 Å². The molecule has 2 N–H and O–H groups in total. The number of nitro benzene ring substituents is 1. The van der Waals surface area contributed by atoms with E-state index in [1.165, 1.54) is 6.07 Å². The highest BCUT2D eigenvalue weighted by Crippen LogP contribution is 2.49. The number of hydrogen-bond donors (Lipinski definition) is 2. The second-order valence-corrected chi connectivity index (χ2v) is 6.65. The van der Waals surface area contributed by atoms with Gasteiger partial charge in [0.1, 0.15) is 0 Å². The molecular weight excluding hydrogens is 268 g/mol. The Morgan fingerprint density at radius 2 is 2.24 bits per heavy atom. The zero-order valence-corrected chi connectivity index (χ0v) is 12.2. The predicted molar refractivity (Wildman–Crippen MR) is 81.4 cm³/mol. The fourth-order valence-electron chi connectivity index (χ4n) is 3.57. The lowest BCUT2D eigenvalue weighted by Crippen LogP contribution is -2.47. The van der Waals surface area contributed by atoms with Crippen LogP contribution in [0.1, 0.15) is 31.7 Å². The van der Waals surface area contributed by atoms with Crippen molar-refractivity contribution in [3.8, 4) is 0 Å². The van der Waals surface area contributed by atoms with Gasteiger partial charge in [0.25, 0.3) is 5.69 Å². The van der Waals surface area contributed by atoms with Crippen LogP contribution in [-0.4, -0.2) is 22.7 Å². The van der Waals surface area contributed by atoms with E-state index in [1.807, 2.05) is 0 Å². The maximum Gasteiger partial charge on any atom is 0.269 e. The van der Waals surface area contributed by atoms with Gasteiger partial charge in [-0.2, -0.15) is 0 Å². The Labute approximate surface area is 123 Å². The second-order valence-electron chi connectivity index (χ2n) is 6.65. The molecule has 112 valence electrons. The molecule has 21 heavy (non-hydrogen) atoms. The third-order valence-corrected chi connectivity index (χ3v) is 4.81. The molecule has 5 nitrogen and oxygen atoms in total. The van der Waals surface area contributed by atoms with E-state index in [9.17, 15) is 15.2 Å². The number of rotatable bonds is 3. The fraction of sp³-hybridized carbons (Fsp3) is 0.500. The molecular formula is C16H20N2O3. The summed E-state index contributed by atoms with van der Waals surface area (Å²) in [6, 6.07) is 5.15. The summed E-state index contributed by atoms with van der Waals surface area (Å²) in [6.07, 6.45) is 5.23. The van der Waals surface area contributed by atoms with E-state index in [2.05, 4.69) is 31.3 Å². The largest absolute Gasteiger partial charge is 0.396 e. The molecule has 0 unspecified atom stereocenters. The third kappa shape index (κ3) is 2.21. The van der Waals surface area contributed by atoms with Gasteiger partial charge >= 0.3 is 0 Å². The molecule has 3 rings (SSSR count). The number of nitrogens with one attached hydrogen (secondary N) is 1. The normalized spacial score (nSPS) is 26.9. The summed E-state index contributed by atoms with van der Waals surface area (Å²) in [5.74, 6) is 0.527. The lowest BCUT2D eigenvalue weighted by Gasteiger charge is -2.44. The highest BCUT2D eigenvalue weighted by Gasteiger charge is 2.44. The summed E-state index contributed by atoms with van der Waals surface area (Å²) in [5.41, 5.74) is 1.83. The van der Waals surface area contributed by atoms with Gasteiger partial charge in [-0.1, -0.05) is 26.0 Å². The number of allylic oxidation sites excluding steroid dienone is 2. The Morgan fingerprint density at radius 3 is 2.90 bits per heavy atom. The minimum atomic E-state index is -0.350. The van der Waals surface area contributed by atoms with Crippen LogP contribution in [0.2, 0.25) is 0 Å². The van der Waals surface area contributed by atoms with Gasteiger partial charge < -0.3 is 10.4 Å². The zero-order chi connectivity index (χ0) is 15.2. The van der Waals surface area contributed by atoms with Crippen molar-refractivity contribution in [2.75, 3.05) is 11.9 Å². The average Bonchev–Trinajstić information content (AvgIpc) is 2.95. The van der Waals surface area contributed by atoms with Crippen molar-refractivity contribution in [2.24, 2.45) is 11.3 Å². The molecule has 0 saturated carbocycles. The molecule has 0 saturated heterocycles. The number of hydrogen-bond acceptors (Lipinski definition) is 4. The van der Waals surface area contributed by atoms with Crippen molar-refractivity contribution >= 4 is 11.4 Å². The molecule has 3 atom stereocenters. The summed E-state index contributed by atoms with van der Waals surface area (Å²) >= 11 is 0. The monoisotopic (exact) mass is 288 g/mol. The number of aliphatic hydroxyl groups is 1. The van der Waals surface area contributed by atoms with Crippen LogP contribution < -0.4 is 5.32 Å². The summed E-state index contributed by atoms with van der Waals surface area (Å²) in [5, 5.41) is 24.2. The molecule has 1 aromatic carbocycles. The minimum absolute atomic E-state index is 0.107. The first-order valence-electron chi connectivity index (χ1n) is 7.26. The predicted octanol–water partition coefficient (Wildman–Crippen LogP) is 3.07. The maximum absolute atomic E-state index is 11.0. The van der Waals surface area contributed by atoms with Crippen molar-refractivity contribution in [1.82, 2.24) is 0 Å². The molecule has 1 heterocycles. The molecule has 1 aliphatic carbocycles. The van der Waals surface area contributed by atoms with E-state index in [-0.39, 0.29) is 34.6 Å². The topological polar surface area (TPSA) is 75.4 Å². The Morgan fingerprint density at radius 1 is 1.48 bits per heavy atom. The van der Waals surface area contributed by atoms with Crippen molar-refractivity contribution < 1.29 is 10.0 Å². The van der Waals surface area contributed by atoms with Gasteiger partial charge in [0.05, 0.1) is 11.5 Å². The number of non-ortho nitro benzene ring substituents is 1. The molecule has 0 fully saturated rings.